The molecule has 1 fully saturated rings. The Morgan fingerprint density at radius 2 is 2.00 bits per heavy atom. The van der Waals surface area contributed by atoms with Crippen molar-refractivity contribution in [2.75, 3.05) is 27.3 Å². The minimum atomic E-state index is 0.608. The smallest absolute Gasteiger partial charge is 0.124 e. The Morgan fingerprint density at radius 3 is 2.67 bits per heavy atom. The van der Waals surface area contributed by atoms with Crippen LogP contribution < -0.4 is 10.1 Å². The number of hydrogen-bond acceptors (Lipinski definition) is 3. The van der Waals surface area contributed by atoms with Gasteiger partial charge in [-0.15, -0.1) is 0 Å². The Bertz CT molecular complexity index is 373. The predicted molar refractivity (Wildman–Crippen MR) is 73.0 cm³/mol. The van der Waals surface area contributed by atoms with Gasteiger partial charge in [0.05, 0.1) is 13.7 Å². The van der Waals surface area contributed by atoms with E-state index in [0.29, 0.717) is 6.61 Å². The van der Waals surface area contributed by atoms with Gasteiger partial charge in [-0.05, 0) is 49.9 Å². The van der Waals surface area contributed by atoms with Crippen molar-refractivity contribution in [2.45, 2.75) is 25.9 Å². The van der Waals surface area contributed by atoms with Gasteiger partial charge in [-0.3, -0.25) is 0 Å². The van der Waals surface area contributed by atoms with E-state index in [4.69, 9.17) is 9.47 Å². The molecule has 0 spiro atoms. The average Bonchev–Trinajstić information content (AvgIpc) is 2.42. The molecule has 0 amide bonds. The van der Waals surface area contributed by atoms with Gasteiger partial charge in [-0.1, -0.05) is 12.1 Å². The Kier molecular flexibility index (Phi) is 5.02. The zero-order valence-corrected chi connectivity index (χ0v) is 11.4. The second-order valence-electron chi connectivity index (χ2n) is 4.98. The Morgan fingerprint density at radius 1 is 1.22 bits per heavy atom. The number of nitrogens with one attached hydrogen (secondary N) is 1. The molecule has 1 heterocycles. The van der Waals surface area contributed by atoms with Crippen LogP contribution in [0.15, 0.2) is 18.2 Å². The number of hydrogen-bond donors (Lipinski definition) is 1. The first kappa shape index (κ1) is 13.4. The second-order valence-corrected chi connectivity index (χ2v) is 4.98. The van der Waals surface area contributed by atoms with Crippen LogP contribution >= 0.6 is 0 Å². The number of rotatable bonds is 5. The molecular weight excluding hydrogens is 226 g/mol. The molecule has 0 unspecified atom stereocenters. The topological polar surface area (TPSA) is 30.5 Å². The molecule has 1 aromatic rings. The van der Waals surface area contributed by atoms with E-state index in [9.17, 15) is 0 Å². The lowest BCUT2D eigenvalue weighted by Crippen LogP contribution is -2.28. The molecule has 0 radical (unpaired) electrons. The third kappa shape index (κ3) is 3.47. The molecule has 1 aliphatic heterocycles. The van der Waals surface area contributed by atoms with E-state index in [-0.39, 0.29) is 0 Å². The second kappa shape index (κ2) is 6.76. The Hall–Kier alpha value is -1.06. The van der Waals surface area contributed by atoms with Gasteiger partial charge in [0.1, 0.15) is 5.75 Å². The minimum absolute atomic E-state index is 0.608. The first-order valence-electron chi connectivity index (χ1n) is 6.69. The van der Waals surface area contributed by atoms with Gasteiger partial charge in [0.25, 0.3) is 0 Å². The Labute approximate surface area is 109 Å². The molecule has 1 aromatic carbocycles. The SMILES string of the molecule is COCc1ccc(CC2CCNCC2)cc1OC. The van der Waals surface area contributed by atoms with Crippen LogP contribution in [0.25, 0.3) is 0 Å². The third-order valence-corrected chi connectivity index (χ3v) is 3.63. The molecule has 18 heavy (non-hydrogen) atoms. The van der Waals surface area contributed by atoms with Crippen LogP contribution in [-0.2, 0) is 17.8 Å². The summed E-state index contributed by atoms with van der Waals surface area (Å²) in [5.41, 5.74) is 2.49. The standard InChI is InChI=1S/C15H23NO2/c1-17-11-14-4-3-13(10-15(14)18-2)9-12-5-7-16-8-6-12/h3-4,10,12,16H,5-9,11H2,1-2H3. The summed E-state index contributed by atoms with van der Waals surface area (Å²) in [6, 6.07) is 6.49. The fourth-order valence-corrected chi connectivity index (χ4v) is 2.61. The number of ether oxygens (including phenoxy) is 2. The van der Waals surface area contributed by atoms with E-state index in [1.165, 1.54) is 18.4 Å². The molecule has 3 heteroatoms. The fourth-order valence-electron chi connectivity index (χ4n) is 2.61. The van der Waals surface area contributed by atoms with Gasteiger partial charge >= 0.3 is 0 Å². The molecule has 0 saturated carbocycles. The summed E-state index contributed by atoms with van der Waals surface area (Å²) in [5, 5.41) is 3.41. The van der Waals surface area contributed by atoms with Gasteiger partial charge in [0.15, 0.2) is 0 Å². The fraction of sp³-hybridized carbons (Fsp3) is 0.600. The van der Waals surface area contributed by atoms with E-state index >= 15 is 0 Å². The van der Waals surface area contributed by atoms with Gasteiger partial charge in [0, 0.05) is 12.7 Å². The van der Waals surface area contributed by atoms with Crippen LogP contribution in [0.1, 0.15) is 24.0 Å². The molecule has 0 atom stereocenters. The van der Waals surface area contributed by atoms with Gasteiger partial charge in [-0.25, -0.2) is 0 Å². The molecule has 1 saturated heterocycles. The molecule has 100 valence electrons. The van der Waals surface area contributed by atoms with Crippen molar-refractivity contribution in [3.63, 3.8) is 0 Å². The van der Waals surface area contributed by atoms with Crippen LogP contribution in [0.3, 0.4) is 0 Å². The maximum atomic E-state index is 5.44. The van der Waals surface area contributed by atoms with Gasteiger partial charge < -0.3 is 14.8 Å². The van der Waals surface area contributed by atoms with Crippen molar-refractivity contribution in [1.82, 2.24) is 5.32 Å². The van der Waals surface area contributed by atoms with Crippen LogP contribution in [-0.4, -0.2) is 27.3 Å². The van der Waals surface area contributed by atoms with Gasteiger partial charge in [0.2, 0.25) is 0 Å². The highest BCUT2D eigenvalue weighted by molar-refractivity contribution is 5.37. The number of piperidine rings is 1. The monoisotopic (exact) mass is 249 g/mol. The summed E-state index contributed by atoms with van der Waals surface area (Å²) in [5.74, 6) is 1.76. The normalized spacial score (nSPS) is 16.8. The summed E-state index contributed by atoms with van der Waals surface area (Å²) in [7, 11) is 3.44. The summed E-state index contributed by atoms with van der Waals surface area (Å²) in [4.78, 5) is 0. The summed E-state index contributed by atoms with van der Waals surface area (Å²) >= 11 is 0. The molecule has 3 nitrogen and oxygen atoms in total. The van der Waals surface area contributed by atoms with E-state index in [2.05, 4.69) is 23.5 Å². The molecule has 0 aliphatic carbocycles. The van der Waals surface area contributed by atoms with Crippen LogP contribution in [0.2, 0.25) is 0 Å². The highest BCUT2D eigenvalue weighted by Crippen LogP contribution is 2.24. The van der Waals surface area contributed by atoms with Crippen molar-refractivity contribution in [3.8, 4) is 5.75 Å². The van der Waals surface area contributed by atoms with E-state index < -0.39 is 0 Å². The molecule has 1 N–H and O–H groups in total. The van der Waals surface area contributed by atoms with Crippen molar-refractivity contribution in [1.29, 1.82) is 0 Å². The summed E-state index contributed by atoms with van der Waals surface area (Å²) in [6.07, 6.45) is 3.72. The molecule has 1 aliphatic rings. The maximum absolute atomic E-state index is 5.44. The predicted octanol–water partition coefficient (Wildman–Crippen LogP) is 2.38. The van der Waals surface area contributed by atoms with Crippen LogP contribution in [0.5, 0.6) is 5.75 Å². The van der Waals surface area contributed by atoms with E-state index in [1.54, 1.807) is 14.2 Å². The summed E-state index contributed by atoms with van der Waals surface area (Å²) in [6.45, 7) is 2.92. The van der Waals surface area contributed by atoms with Crippen LogP contribution in [0, 0.1) is 5.92 Å². The lowest BCUT2D eigenvalue weighted by Gasteiger charge is -2.23. The lowest BCUT2D eigenvalue weighted by molar-refractivity contribution is 0.181. The van der Waals surface area contributed by atoms with Crippen LogP contribution in [0.4, 0.5) is 0 Å². The summed E-state index contributed by atoms with van der Waals surface area (Å²) < 4.78 is 10.6. The molecule has 0 aromatic heterocycles. The Balaban J connectivity index is 2.04. The van der Waals surface area contributed by atoms with Crippen molar-refractivity contribution in [3.05, 3.63) is 29.3 Å². The molecule has 2 rings (SSSR count). The number of benzene rings is 1. The van der Waals surface area contributed by atoms with Crippen molar-refractivity contribution >= 4 is 0 Å². The van der Waals surface area contributed by atoms with E-state index in [0.717, 1.165) is 36.7 Å². The molecule has 0 bridgehead atoms. The van der Waals surface area contributed by atoms with Gasteiger partial charge in [-0.2, -0.15) is 0 Å². The minimum Gasteiger partial charge on any atom is -0.496 e. The zero-order valence-electron chi connectivity index (χ0n) is 11.4. The van der Waals surface area contributed by atoms with Crippen molar-refractivity contribution in [2.24, 2.45) is 5.92 Å². The van der Waals surface area contributed by atoms with Crippen molar-refractivity contribution < 1.29 is 9.47 Å². The first-order chi connectivity index (χ1) is 8.83. The van der Waals surface area contributed by atoms with E-state index in [1.807, 2.05) is 0 Å². The third-order valence-electron chi connectivity index (χ3n) is 3.63. The average molecular weight is 249 g/mol. The first-order valence-corrected chi connectivity index (χ1v) is 6.69. The molecular formula is C15H23NO2. The quantitative estimate of drug-likeness (QED) is 0.869. The highest BCUT2D eigenvalue weighted by Gasteiger charge is 2.14. The highest BCUT2D eigenvalue weighted by atomic mass is 16.5. The maximum Gasteiger partial charge on any atom is 0.124 e. The zero-order chi connectivity index (χ0) is 12.8. The lowest BCUT2D eigenvalue weighted by atomic mass is 9.90. The number of methoxy groups -OCH3 is 2. The largest absolute Gasteiger partial charge is 0.496 e.